The Bertz CT molecular complexity index is 542. The van der Waals surface area contributed by atoms with Gasteiger partial charge in [-0.3, -0.25) is 9.69 Å². The lowest BCUT2D eigenvalue weighted by atomic mass is 10.2. The average Bonchev–Trinajstić information content (AvgIpc) is 2.94. The summed E-state index contributed by atoms with van der Waals surface area (Å²) in [6.45, 7) is 4.18. The zero-order chi connectivity index (χ0) is 14.4. The van der Waals surface area contributed by atoms with Gasteiger partial charge in [0.1, 0.15) is 5.69 Å². The van der Waals surface area contributed by atoms with Crippen LogP contribution in [0.25, 0.3) is 0 Å². The highest BCUT2D eigenvalue weighted by Crippen LogP contribution is 2.37. The van der Waals surface area contributed by atoms with Crippen molar-refractivity contribution in [2.45, 2.75) is 44.2 Å². The molecule has 0 radical (unpaired) electrons. The summed E-state index contributed by atoms with van der Waals surface area (Å²) in [7, 11) is 0. The molecule has 2 saturated heterocycles. The number of likely N-dealkylation sites (tertiary alicyclic amines) is 2. The Kier molecular flexibility index (Phi) is 3.17. The van der Waals surface area contributed by atoms with Crippen molar-refractivity contribution in [3.05, 3.63) is 18.0 Å². The number of nitrogen functional groups attached to an aromatic ring is 1. The first-order chi connectivity index (χ1) is 10.2. The topological polar surface area (TPSA) is 54.5 Å². The third-order valence-corrected chi connectivity index (χ3v) is 5.14. The van der Waals surface area contributed by atoms with E-state index < -0.39 is 0 Å². The van der Waals surface area contributed by atoms with Crippen molar-refractivity contribution in [2.75, 3.05) is 31.9 Å². The van der Waals surface area contributed by atoms with Gasteiger partial charge in [0, 0.05) is 31.4 Å². The molecule has 114 valence electrons. The largest absolute Gasteiger partial charge is 0.397 e. The molecule has 5 heteroatoms. The first kappa shape index (κ1) is 13.2. The van der Waals surface area contributed by atoms with Gasteiger partial charge in [-0.15, -0.1) is 0 Å². The molecule has 1 aromatic rings. The molecule has 0 bridgehead atoms. The molecule has 1 saturated carbocycles. The quantitative estimate of drug-likeness (QED) is 0.921. The zero-order valence-corrected chi connectivity index (χ0v) is 12.5. The number of hydrogen-bond donors (Lipinski definition) is 1. The maximum Gasteiger partial charge on any atom is 0.270 e. The van der Waals surface area contributed by atoms with Crippen LogP contribution in [0.2, 0.25) is 0 Å². The van der Waals surface area contributed by atoms with Gasteiger partial charge in [-0.25, -0.2) is 0 Å². The summed E-state index contributed by atoms with van der Waals surface area (Å²) in [6.07, 6.45) is 8.01. The van der Waals surface area contributed by atoms with Crippen LogP contribution in [0.3, 0.4) is 0 Å². The number of nitrogens with two attached hydrogens (primary N) is 1. The van der Waals surface area contributed by atoms with E-state index in [1.54, 1.807) is 0 Å². The smallest absolute Gasteiger partial charge is 0.270 e. The minimum Gasteiger partial charge on any atom is -0.397 e. The number of hydrogen-bond acceptors (Lipinski definition) is 3. The molecule has 1 amide bonds. The Hall–Kier alpha value is -1.49. The van der Waals surface area contributed by atoms with Crippen LogP contribution in [0, 0.1) is 0 Å². The molecular weight excluding hydrogens is 264 g/mol. The van der Waals surface area contributed by atoms with Crippen LogP contribution in [0.1, 0.15) is 48.6 Å². The maximum absolute atomic E-state index is 12.8. The molecule has 3 heterocycles. The summed E-state index contributed by atoms with van der Waals surface area (Å²) in [6, 6.07) is 2.92. The predicted octanol–water partition coefficient (Wildman–Crippen LogP) is 1.72. The van der Waals surface area contributed by atoms with E-state index in [1.165, 1.54) is 38.8 Å². The molecule has 3 aliphatic rings. The van der Waals surface area contributed by atoms with Crippen LogP contribution in [-0.2, 0) is 0 Å². The minimum atomic E-state index is 0.167. The molecule has 21 heavy (non-hydrogen) atoms. The molecule has 3 fully saturated rings. The summed E-state index contributed by atoms with van der Waals surface area (Å²) in [4.78, 5) is 17.4. The Morgan fingerprint density at radius 1 is 1.10 bits per heavy atom. The number of aromatic nitrogens is 1. The van der Waals surface area contributed by atoms with E-state index in [1.807, 2.05) is 17.2 Å². The summed E-state index contributed by atoms with van der Waals surface area (Å²) < 4.78 is 2.10. The second-order valence-corrected chi connectivity index (χ2v) is 6.73. The van der Waals surface area contributed by atoms with Gasteiger partial charge in [0.25, 0.3) is 5.91 Å². The summed E-state index contributed by atoms with van der Waals surface area (Å²) in [5, 5.41) is 0. The van der Waals surface area contributed by atoms with E-state index in [4.69, 9.17) is 5.73 Å². The van der Waals surface area contributed by atoms with Crippen LogP contribution in [-0.4, -0.2) is 52.5 Å². The van der Waals surface area contributed by atoms with E-state index >= 15 is 0 Å². The monoisotopic (exact) mass is 288 g/mol. The number of nitrogens with zero attached hydrogens (tertiary/aromatic N) is 3. The highest BCUT2D eigenvalue weighted by molar-refractivity contribution is 5.94. The van der Waals surface area contributed by atoms with Gasteiger partial charge in [0.15, 0.2) is 0 Å². The van der Waals surface area contributed by atoms with E-state index in [0.29, 0.717) is 17.8 Å². The minimum absolute atomic E-state index is 0.167. The third-order valence-electron chi connectivity index (χ3n) is 5.14. The second-order valence-electron chi connectivity index (χ2n) is 6.73. The second kappa shape index (κ2) is 5.05. The first-order valence-electron chi connectivity index (χ1n) is 8.23. The van der Waals surface area contributed by atoms with Gasteiger partial charge in [0.05, 0.1) is 5.69 Å². The maximum atomic E-state index is 12.8. The lowest BCUT2D eigenvalue weighted by molar-refractivity contribution is 0.0769. The normalized spacial score (nSPS) is 26.7. The molecule has 0 spiro atoms. The van der Waals surface area contributed by atoms with E-state index in [0.717, 1.165) is 25.2 Å². The van der Waals surface area contributed by atoms with E-state index in [2.05, 4.69) is 9.47 Å². The molecule has 0 aromatic carbocycles. The van der Waals surface area contributed by atoms with E-state index in [9.17, 15) is 4.79 Å². The number of anilines is 1. The van der Waals surface area contributed by atoms with Crippen molar-refractivity contribution < 1.29 is 4.79 Å². The molecule has 5 nitrogen and oxygen atoms in total. The number of carbonyl (C=O) groups excluding carboxylic acids is 1. The Balaban J connectivity index is 1.48. The van der Waals surface area contributed by atoms with Gasteiger partial charge in [-0.2, -0.15) is 0 Å². The van der Waals surface area contributed by atoms with Crippen molar-refractivity contribution in [1.29, 1.82) is 0 Å². The summed E-state index contributed by atoms with van der Waals surface area (Å²) >= 11 is 0. The molecule has 1 atom stereocenters. The lowest BCUT2D eigenvalue weighted by Gasteiger charge is -2.23. The Morgan fingerprint density at radius 2 is 1.86 bits per heavy atom. The fourth-order valence-corrected chi connectivity index (χ4v) is 3.82. The molecule has 4 rings (SSSR count). The van der Waals surface area contributed by atoms with Gasteiger partial charge >= 0.3 is 0 Å². The fourth-order valence-electron chi connectivity index (χ4n) is 3.82. The summed E-state index contributed by atoms with van der Waals surface area (Å²) in [5.41, 5.74) is 7.41. The van der Waals surface area contributed by atoms with E-state index in [-0.39, 0.29) is 5.91 Å². The Morgan fingerprint density at radius 3 is 2.57 bits per heavy atom. The van der Waals surface area contributed by atoms with Gasteiger partial charge in [0.2, 0.25) is 0 Å². The van der Waals surface area contributed by atoms with Crippen molar-refractivity contribution in [2.24, 2.45) is 0 Å². The van der Waals surface area contributed by atoms with Gasteiger partial charge in [-0.1, -0.05) is 0 Å². The van der Waals surface area contributed by atoms with Crippen LogP contribution >= 0.6 is 0 Å². The third kappa shape index (κ3) is 2.44. The standard InChI is InChI=1S/C16H24N4O/c17-12-9-15(20(10-12)13-3-4-13)16(21)19-8-5-14(11-19)18-6-1-2-7-18/h9-10,13-14H,1-8,11,17H2. The average molecular weight is 288 g/mol. The molecule has 1 unspecified atom stereocenters. The molecule has 2 N–H and O–H groups in total. The van der Waals surface area contributed by atoms with Gasteiger partial charge in [-0.05, 0) is 51.3 Å². The van der Waals surface area contributed by atoms with Crippen LogP contribution in [0.5, 0.6) is 0 Å². The van der Waals surface area contributed by atoms with Crippen molar-refractivity contribution in [3.8, 4) is 0 Å². The number of amides is 1. The van der Waals surface area contributed by atoms with Crippen LogP contribution < -0.4 is 5.73 Å². The van der Waals surface area contributed by atoms with Crippen molar-refractivity contribution in [1.82, 2.24) is 14.4 Å². The van der Waals surface area contributed by atoms with Crippen LogP contribution in [0.4, 0.5) is 5.69 Å². The molecule has 1 aliphatic carbocycles. The lowest BCUT2D eigenvalue weighted by Crippen LogP contribution is -2.37. The molecule has 1 aromatic heterocycles. The van der Waals surface area contributed by atoms with Crippen molar-refractivity contribution >= 4 is 11.6 Å². The summed E-state index contributed by atoms with van der Waals surface area (Å²) in [5.74, 6) is 0.167. The SMILES string of the molecule is Nc1cc(C(=O)N2CCC(N3CCCC3)C2)n(C2CC2)c1. The number of carbonyl (C=O) groups is 1. The highest BCUT2D eigenvalue weighted by atomic mass is 16.2. The molecule has 2 aliphatic heterocycles. The first-order valence-corrected chi connectivity index (χ1v) is 8.23. The number of rotatable bonds is 3. The van der Waals surface area contributed by atoms with Crippen LogP contribution in [0.15, 0.2) is 12.3 Å². The van der Waals surface area contributed by atoms with Crippen molar-refractivity contribution in [3.63, 3.8) is 0 Å². The van der Waals surface area contributed by atoms with Gasteiger partial charge < -0.3 is 15.2 Å². The Labute approximate surface area is 125 Å². The fraction of sp³-hybridized carbons (Fsp3) is 0.688. The predicted molar refractivity (Wildman–Crippen MR) is 82.2 cm³/mol. The zero-order valence-electron chi connectivity index (χ0n) is 12.5. The molecular formula is C16H24N4O. The highest BCUT2D eigenvalue weighted by Gasteiger charge is 2.34.